The van der Waals surface area contributed by atoms with E-state index < -0.39 is 12.3 Å². The van der Waals surface area contributed by atoms with Crippen molar-refractivity contribution in [2.24, 2.45) is 0 Å². The molecule has 0 aliphatic carbocycles. The van der Waals surface area contributed by atoms with Crippen LogP contribution in [-0.2, 0) is 9.47 Å². The van der Waals surface area contributed by atoms with Crippen LogP contribution in [0.4, 0.5) is 9.59 Å². The van der Waals surface area contributed by atoms with Crippen LogP contribution in [-0.4, -0.2) is 35.7 Å². The van der Waals surface area contributed by atoms with Crippen molar-refractivity contribution < 1.29 is 29.3 Å². The number of carboxylic acid groups (broad SMARTS) is 2. The van der Waals surface area contributed by atoms with E-state index >= 15 is 0 Å². The van der Waals surface area contributed by atoms with Gasteiger partial charge in [0.25, 0.3) is 0 Å². The largest absolute Gasteiger partial charge is 0.508 e. The summed E-state index contributed by atoms with van der Waals surface area (Å²) in [5, 5.41) is 13.9. The van der Waals surface area contributed by atoms with Crippen molar-refractivity contribution in [1.82, 2.24) is 0 Å². The molecule has 14 heavy (non-hydrogen) atoms. The topological polar surface area (TPSA) is 93.1 Å². The second-order valence-corrected chi connectivity index (χ2v) is 1.70. The highest BCUT2D eigenvalue weighted by atomic mass is 16.8. The van der Waals surface area contributed by atoms with Gasteiger partial charge in [0.2, 0.25) is 0 Å². The summed E-state index contributed by atoms with van der Waals surface area (Å²) in [6, 6.07) is 0. The van der Waals surface area contributed by atoms with E-state index in [0.29, 0.717) is 13.2 Å². The van der Waals surface area contributed by atoms with E-state index in [2.05, 4.69) is 22.6 Å². The highest BCUT2D eigenvalue weighted by Gasteiger charge is 2.09. The first kappa shape index (κ1) is 14.5. The Kier molecular flexibility index (Phi) is 11.4. The molecule has 2 N–H and O–H groups in total. The first-order valence-electron chi connectivity index (χ1n) is 3.49. The Morgan fingerprint density at radius 2 is 1.50 bits per heavy atom. The molecule has 0 aromatic carbocycles. The fourth-order valence-electron chi connectivity index (χ4n) is 0.292. The van der Waals surface area contributed by atoms with Crippen LogP contribution in [0.25, 0.3) is 0 Å². The molecular formula is C8H12O6. The van der Waals surface area contributed by atoms with Gasteiger partial charge in [-0.05, 0) is 0 Å². The zero-order valence-electron chi connectivity index (χ0n) is 7.51. The van der Waals surface area contributed by atoms with E-state index in [0.717, 1.165) is 0 Å². The highest BCUT2D eigenvalue weighted by molar-refractivity contribution is 5.61. The molecular weight excluding hydrogens is 192 g/mol. The lowest BCUT2D eigenvalue weighted by atomic mass is 10.6. The SMILES string of the molecule is C=CC=C.O=C(O)O.O=C1OCCO1. The maximum absolute atomic E-state index is 9.80. The number of rotatable bonds is 1. The molecule has 6 nitrogen and oxygen atoms in total. The third-order valence-corrected chi connectivity index (χ3v) is 0.690. The number of allylic oxidation sites excluding steroid dienone is 2. The van der Waals surface area contributed by atoms with Crippen LogP contribution in [0.3, 0.4) is 0 Å². The van der Waals surface area contributed by atoms with E-state index in [4.69, 9.17) is 15.0 Å². The lowest BCUT2D eigenvalue weighted by molar-refractivity contribution is 0.131. The Labute approximate surface area is 81.1 Å². The van der Waals surface area contributed by atoms with Gasteiger partial charge in [-0.2, -0.15) is 0 Å². The van der Waals surface area contributed by atoms with Gasteiger partial charge in [-0.3, -0.25) is 0 Å². The molecule has 0 spiro atoms. The Hall–Kier alpha value is -1.98. The molecule has 0 atom stereocenters. The van der Waals surface area contributed by atoms with Gasteiger partial charge in [-0.25, -0.2) is 9.59 Å². The van der Waals surface area contributed by atoms with Crippen molar-refractivity contribution in [3.63, 3.8) is 0 Å². The molecule has 0 aromatic rings. The molecule has 1 heterocycles. The lowest BCUT2D eigenvalue weighted by Crippen LogP contribution is -1.88. The molecule has 0 amide bonds. The summed E-state index contributed by atoms with van der Waals surface area (Å²) in [5.41, 5.74) is 0. The van der Waals surface area contributed by atoms with Crippen LogP contribution in [0.5, 0.6) is 0 Å². The number of carbonyl (C=O) groups is 2. The average Bonchev–Trinajstić information content (AvgIpc) is 2.55. The lowest BCUT2D eigenvalue weighted by Gasteiger charge is -1.78. The van der Waals surface area contributed by atoms with Crippen molar-refractivity contribution in [2.45, 2.75) is 0 Å². The molecule has 0 unspecified atom stereocenters. The van der Waals surface area contributed by atoms with Gasteiger partial charge in [-0.15, -0.1) is 0 Å². The van der Waals surface area contributed by atoms with Gasteiger partial charge >= 0.3 is 12.3 Å². The van der Waals surface area contributed by atoms with Crippen LogP contribution >= 0.6 is 0 Å². The van der Waals surface area contributed by atoms with Crippen LogP contribution in [0.15, 0.2) is 25.3 Å². The summed E-state index contributed by atoms with van der Waals surface area (Å²) in [6.07, 6.45) is 0.898. The Morgan fingerprint density at radius 3 is 1.57 bits per heavy atom. The molecule has 1 fully saturated rings. The van der Waals surface area contributed by atoms with Crippen molar-refractivity contribution in [1.29, 1.82) is 0 Å². The first-order chi connectivity index (χ1) is 6.54. The van der Waals surface area contributed by atoms with Gasteiger partial charge in [-0.1, -0.05) is 25.3 Å². The number of cyclic esters (lactones) is 2. The molecule has 0 bridgehead atoms. The zero-order valence-corrected chi connectivity index (χ0v) is 7.51. The van der Waals surface area contributed by atoms with Crippen molar-refractivity contribution in [2.75, 3.05) is 13.2 Å². The average molecular weight is 204 g/mol. The zero-order chi connectivity index (χ0) is 11.4. The fraction of sp³-hybridized carbons (Fsp3) is 0.250. The summed E-state index contributed by atoms with van der Waals surface area (Å²) in [6.45, 7) is 7.55. The standard InChI is InChI=1S/C4H6.C3H4O3.CH2O3/c1-3-4-2;4-3-5-1-2-6-3;2-1(3)4/h3-4H,1-2H2;1-2H2;(H2,2,3,4). The quantitative estimate of drug-likeness (QED) is 0.499. The van der Waals surface area contributed by atoms with Gasteiger partial charge in [0, 0.05) is 0 Å². The summed E-state index contributed by atoms with van der Waals surface area (Å²) >= 11 is 0. The maximum Gasteiger partial charge on any atom is 0.508 e. The second-order valence-electron chi connectivity index (χ2n) is 1.70. The Bertz CT molecular complexity index is 180. The minimum absolute atomic E-state index is 0.416. The van der Waals surface area contributed by atoms with Crippen LogP contribution in [0.1, 0.15) is 0 Å². The Balaban J connectivity index is 0. The van der Waals surface area contributed by atoms with Crippen molar-refractivity contribution in [3.05, 3.63) is 25.3 Å². The molecule has 1 rings (SSSR count). The highest BCUT2D eigenvalue weighted by Crippen LogP contribution is 1.92. The van der Waals surface area contributed by atoms with Gasteiger partial charge < -0.3 is 19.7 Å². The van der Waals surface area contributed by atoms with E-state index in [1.54, 1.807) is 12.2 Å². The second kappa shape index (κ2) is 11.0. The summed E-state index contributed by atoms with van der Waals surface area (Å²) in [5.74, 6) is 0. The van der Waals surface area contributed by atoms with Crippen LogP contribution in [0.2, 0.25) is 0 Å². The monoisotopic (exact) mass is 204 g/mol. The first-order valence-corrected chi connectivity index (χ1v) is 3.49. The summed E-state index contributed by atoms with van der Waals surface area (Å²) in [7, 11) is 0. The number of ether oxygens (including phenoxy) is 2. The molecule has 1 aliphatic heterocycles. The molecule has 1 aliphatic rings. The van der Waals surface area contributed by atoms with E-state index in [-0.39, 0.29) is 0 Å². The van der Waals surface area contributed by atoms with Crippen molar-refractivity contribution >= 4 is 12.3 Å². The maximum atomic E-state index is 9.80. The summed E-state index contributed by atoms with van der Waals surface area (Å²) < 4.78 is 8.58. The number of carbonyl (C=O) groups excluding carboxylic acids is 1. The number of hydrogen-bond donors (Lipinski definition) is 2. The van der Waals surface area contributed by atoms with Gasteiger partial charge in [0.15, 0.2) is 0 Å². The minimum atomic E-state index is -1.83. The predicted molar refractivity (Wildman–Crippen MR) is 48.3 cm³/mol. The van der Waals surface area contributed by atoms with E-state index in [1.807, 2.05) is 0 Å². The minimum Gasteiger partial charge on any atom is -0.450 e. The van der Waals surface area contributed by atoms with E-state index in [9.17, 15) is 4.79 Å². The molecule has 6 heteroatoms. The molecule has 80 valence electrons. The fourth-order valence-corrected chi connectivity index (χ4v) is 0.292. The van der Waals surface area contributed by atoms with Crippen LogP contribution < -0.4 is 0 Å². The molecule has 0 aromatic heterocycles. The summed E-state index contributed by atoms with van der Waals surface area (Å²) in [4.78, 5) is 18.4. The number of hydrogen-bond acceptors (Lipinski definition) is 4. The smallest absolute Gasteiger partial charge is 0.450 e. The van der Waals surface area contributed by atoms with Crippen LogP contribution in [0, 0.1) is 0 Å². The predicted octanol–water partition coefficient (Wildman–Crippen LogP) is 1.73. The molecule has 1 saturated heterocycles. The van der Waals surface area contributed by atoms with Gasteiger partial charge in [0.05, 0.1) is 0 Å². The van der Waals surface area contributed by atoms with Gasteiger partial charge in [0.1, 0.15) is 13.2 Å². The normalized spacial score (nSPS) is 11.6. The molecule has 0 radical (unpaired) electrons. The van der Waals surface area contributed by atoms with Crippen molar-refractivity contribution in [3.8, 4) is 0 Å². The third-order valence-electron chi connectivity index (χ3n) is 0.690. The van der Waals surface area contributed by atoms with E-state index in [1.165, 1.54) is 0 Å². The Morgan fingerprint density at radius 1 is 1.21 bits per heavy atom. The third kappa shape index (κ3) is 22.5. The molecule has 0 saturated carbocycles.